The number of carbonyl (C=O) groups is 3. The summed E-state index contributed by atoms with van der Waals surface area (Å²) in [6, 6.07) is 10.3. The number of rotatable bonds is 4. The molecule has 38 heavy (non-hydrogen) atoms. The van der Waals surface area contributed by atoms with Gasteiger partial charge < -0.3 is 14.1 Å². The Morgan fingerprint density at radius 2 is 1.92 bits per heavy atom. The maximum Gasteiger partial charge on any atom is 0.350 e. The van der Waals surface area contributed by atoms with Gasteiger partial charge in [-0.25, -0.2) is 14.2 Å². The quantitative estimate of drug-likeness (QED) is 0.363. The van der Waals surface area contributed by atoms with Crippen molar-refractivity contribution in [3.63, 3.8) is 0 Å². The highest BCUT2D eigenvalue weighted by Gasteiger charge is 2.66. The van der Waals surface area contributed by atoms with E-state index in [9.17, 15) is 23.6 Å². The molecule has 1 spiro atoms. The van der Waals surface area contributed by atoms with Crippen LogP contribution in [0.1, 0.15) is 50.9 Å². The number of nitrogens with zero attached hydrogens (tertiary/aromatic N) is 3. The van der Waals surface area contributed by atoms with Crippen LogP contribution in [0.5, 0.6) is 0 Å². The molecule has 2 aromatic carbocycles. The highest BCUT2D eigenvalue weighted by atomic mass is 32.1. The minimum atomic E-state index is -1.96. The standard InChI is InChI=1S/C27H20FN3O6S/c1-4-30-17-9-7-6-8-16(17)27(25(30)35)19-20(32)15-12-14(28)10-11-18(15)37-21(19)23(33)31(27)26-29-13(3)22(38-26)24(34)36-5-2/h6-12H,4-5H2,1-3H3. The highest BCUT2D eigenvalue weighted by molar-refractivity contribution is 7.17. The van der Waals surface area contributed by atoms with E-state index >= 15 is 0 Å². The summed E-state index contributed by atoms with van der Waals surface area (Å²) in [5, 5.41) is -0.0711. The van der Waals surface area contributed by atoms with Crippen LogP contribution in [0.2, 0.25) is 0 Å². The number of carbonyl (C=O) groups excluding carboxylic acids is 3. The number of hydrogen-bond donors (Lipinski definition) is 0. The zero-order valence-electron chi connectivity index (χ0n) is 20.5. The first-order chi connectivity index (χ1) is 18.2. The third kappa shape index (κ3) is 2.93. The van der Waals surface area contributed by atoms with Crippen molar-refractivity contribution in [1.29, 1.82) is 0 Å². The van der Waals surface area contributed by atoms with E-state index in [1.807, 2.05) is 0 Å². The monoisotopic (exact) mass is 533 g/mol. The van der Waals surface area contributed by atoms with Gasteiger partial charge in [0.05, 0.1) is 28.9 Å². The van der Waals surface area contributed by atoms with E-state index in [-0.39, 0.29) is 45.5 Å². The van der Waals surface area contributed by atoms with Gasteiger partial charge in [0.2, 0.25) is 5.76 Å². The first kappa shape index (κ1) is 24.0. The Bertz CT molecular complexity index is 1760. The van der Waals surface area contributed by atoms with Crippen molar-refractivity contribution in [1.82, 2.24) is 4.98 Å². The number of para-hydroxylation sites is 1. The number of aryl methyl sites for hydroxylation is 1. The van der Waals surface area contributed by atoms with Gasteiger partial charge in [-0.3, -0.25) is 19.3 Å². The van der Waals surface area contributed by atoms with Crippen LogP contribution in [0.15, 0.2) is 51.7 Å². The minimum absolute atomic E-state index is 0.00844. The smallest absolute Gasteiger partial charge is 0.350 e. The fraction of sp³-hybridized carbons (Fsp3) is 0.222. The lowest BCUT2D eigenvalue weighted by atomic mass is 9.84. The lowest BCUT2D eigenvalue weighted by Gasteiger charge is -2.32. The van der Waals surface area contributed by atoms with Gasteiger partial charge in [0.15, 0.2) is 16.1 Å². The summed E-state index contributed by atoms with van der Waals surface area (Å²) >= 11 is 0.883. The molecule has 0 saturated carbocycles. The molecule has 0 aliphatic carbocycles. The van der Waals surface area contributed by atoms with Crippen LogP contribution >= 0.6 is 11.3 Å². The van der Waals surface area contributed by atoms with Gasteiger partial charge in [-0.2, -0.15) is 0 Å². The number of amides is 2. The Morgan fingerprint density at radius 1 is 1.16 bits per heavy atom. The predicted molar refractivity (Wildman–Crippen MR) is 137 cm³/mol. The second kappa shape index (κ2) is 8.32. The van der Waals surface area contributed by atoms with Crippen molar-refractivity contribution in [2.75, 3.05) is 23.0 Å². The summed E-state index contributed by atoms with van der Waals surface area (Å²) in [6.45, 7) is 5.44. The summed E-state index contributed by atoms with van der Waals surface area (Å²) in [4.78, 5) is 62.3. The van der Waals surface area contributed by atoms with Crippen molar-refractivity contribution in [3.05, 3.63) is 86.0 Å². The SMILES string of the molecule is CCOC(=O)c1sc(N2C(=O)c3oc4ccc(F)cc4c(=O)c3C23C(=O)N(CC)c2ccccc23)nc1C. The van der Waals surface area contributed by atoms with E-state index in [0.717, 1.165) is 28.4 Å². The van der Waals surface area contributed by atoms with Crippen LogP contribution in [0.25, 0.3) is 11.0 Å². The molecule has 2 aliphatic rings. The van der Waals surface area contributed by atoms with Crippen molar-refractivity contribution in [2.24, 2.45) is 0 Å². The molecule has 2 aliphatic heterocycles. The molecule has 6 rings (SSSR count). The van der Waals surface area contributed by atoms with Gasteiger partial charge in [-0.05, 0) is 45.0 Å². The molecule has 192 valence electrons. The van der Waals surface area contributed by atoms with Crippen LogP contribution in [0.3, 0.4) is 0 Å². The van der Waals surface area contributed by atoms with Crippen LogP contribution in [0, 0.1) is 12.7 Å². The summed E-state index contributed by atoms with van der Waals surface area (Å²) in [5.41, 5.74) is -1.66. The number of aromatic nitrogens is 1. The van der Waals surface area contributed by atoms with Gasteiger partial charge in [0.25, 0.3) is 11.8 Å². The van der Waals surface area contributed by atoms with Crippen LogP contribution in [0.4, 0.5) is 15.2 Å². The maximum absolute atomic E-state index is 14.4. The largest absolute Gasteiger partial charge is 0.462 e. The topological polar surface area (TPSA) is 110 Å². The second-order valence-electron chi connectivity index (χ2n) is 8.82. The first-order valence-corrected chi connectivity index (χ1v) is 12.7. The second-order valence-corrected chi connectivity index (χ2v) is 9.80. The summed E-state index contributed by atoms with van der Waals surface area (Å²) < 4.78 is 25.2. The molecule has 11 heteroatoms. The van der Waals surface area contributed by atoms with E-state index in [1.54, 1.807) is 45.0 Å². The van der Waals surface area contributed by atoms with Gasteiger partial charge in [-0.1, -0.05) is 29.5 Å². The lowest BCUT2D eigenvalue weighted by Crippen LogP contribution is -2.53. The molecule has 1 unspecified atom stereocenters. The van der Waals surface area contributed by atoms with Gasteiger partial charge in [-0.15, -0.1) is 0 Å². The van der Waals surface area contributed by atoms with Crippen LogP contribution in [-0.4, -0.2) is 35.9 Å². The Hall–Kier alpha value is -4.38. The molecule has 2 amide bonds. The van der Waals surface area contributed by atoms with Crippen LogP contribution in [-0.2, 0) is 15.1 Å². The molecule has 0 saturated heterocycles. The summed E-state index contributed by atoms with van der Waals surface area (Å²) in [6.07, 6.45) is 0. The number of halogens is 1. The van der Waals surface area contributed by atoms with E-state index in [4.69, 9.17) is 9.15 Å². The number of likely N-dealkylation sites (N-methyl/N-ethyl adjacent to an activating group) is 1. The molecule has 4 aromatic rings. The van der Waals surface area contributed by atoms with E-state index < -0.39 is 34.6 Å². The third-order valence-electron chi connectivity index (χ3n) is 6.84. The fourth-order valence-corrected chi connectivity index (χ4v) is 6.32. The lowest BCUT2D eigenvalue weighted by molar-refractivity contribution is -0.121. The van der Waals surface area contributed by atoms with Gasteiger partial charge >= 0.3 is 5.97 Å². The molecule has 1 atom stereocenters. The van der Waals surface area contributed by atoms with Crippen LogP contribution < -0.4 is 15.2 Å². The molecule has 0 N–H and O–H groups in total. The van der Waals surface area contributed by atoms with Crippen molar-refractivity contribution in [2.45, 2.75) is 26.3 Å². The number of ether oxygens (including phenoxy) is 1. The summed E-state index contributed by atoms with van der Waals surface area (Å²) in [5.74, 6) is -2.94. The Morgan fingerprint density at radius 3 is 2.66 bits per heavy atom. The zero-order valence-corrected chi connectivity index (χ0v) is 21.3. The molecule has 9 nitrogen and oxygen atoms in total. The molecule has 0 radical (unpaired) electrons. The maximum atomic E-state index is 14.4. The molecule has 4 heterocycles. The van der Waals surface area contributed by atoms with E-state index in [1.165, 1.54) is 11.0 Å². The van der Waals surface area contributed by atoms with Crippen molar-refractivity contribution >= 4 is 50.9 Å². The van der Waals surface area contributed by atoms with Crippen molar-refractivity contribution < 1.29 is 27.9 Å². The Labute approximate surface area is 219 Å². The van der Waals surface area contributed by atoms with Crippen molar-refractivity contribution in [3.8, 4) is 0 Å². The number of fused-ring (bicyclic) bond motifs is 5. The highest BCUT2D eigenvalue weighted by Crippen LogP contribution is 2.54. The van der Waals surface area contributed by atoms with E-state index in [2.05, 4.69) is 4.98 Å². The normalized spacial score (nSPS) is 18.0. The zero-order chi connectivity index (χ0) is 26.9. The predicted octanol–water partition coefficient (Wildman–Crippen LogP) is 4.14. The molecule has 0 bridgehead atoms. The number of thiazole rings is 1. The Kier molecular flexibility index (Phi) is 5.25. The molecule has 2 aromatic heterocycles. The van der Waals surface area contributed by atoms with Gasteiger partial charge in [0, 0.05) is 12.1 Å². The number of hydrogen-bond acceptors (Lipinski definition) is 8. The number of anilines is 2. The first-order valence-electron chi connectivity index (χ1n) is 11.9. The minimum Gasteiger partial charge on any atom is -0.462 e. The van der Waals surface area contributed by atoms with Gasteiger partial charge in [0.1, 0.15) is 16.3 Å². The molecular formula is C27H20FN3O6S. The molecule has 0 fully saturated rings. The Balaban J connectivity index is 1.73. The average molecular weight is 534 g/mol. The number of esters is 1. The molecular weight excluding hydrogens is 513 g/mol. The third-order valence-corrected chi connectivity index (χ3v) is 7.96. The fourth-order valence-electron chi connectivity index (χ4n) is 5.31. The average Bonchev–Trinajstić information content (AvgIpc) is 3.49. The van der Waals surface area contributed by atoms with E-state index in [0.29, 0.717) is 16.9 Å². The number of benzene rings is 2. The summed E-state index contributed by atoms with van der Waals surface area (Å²) in [7, 11) is 0.